The molecule has 0 bridgehead atoms. The summed E-state index contributed by atoms with van der Waals surface area (Å²) >= 11 is 0. The zero-order valence-electron chi connectivity index (χ0n) is 12.6. The first-order valence-electron chi connectivity index (χ1n) is 7.24. The predicted octanol–water partition coefficient (Wildman–Crippen LogP) is 3.88. The summed E-state index contributed by atoms with van der Waals surface area (Å²) in [5.41, 5.74) is -1.40. The van der Waals surface area contributed by atoms with E-state index in [-0.39, 0.29) is 17.6 Å². The van der Waals surface area contributed by atoms with Gasteiger partial charge in [0.1, 0.15) is 11.5 Å². The molecule has 3 nitrogen and oxygen atoms in total. The van der Waals surface area contributed by atoms with Gasteiger partial charge in [-0.1, -0.05) is 13.0 Å². The molecule has 1 saturated carbocycles. The van der Waals surface area contributed by atoms with Gasteiger partial charge in [-0.3, -0.25) is 9.59 Å². The Morgan fingerprint density at radius 2 is 1.62 bits per heavy atom. The van der Waals surface area contributed by atoms with Gasteiger partial charge < -0.3 is 5.32 Å². The van der Waals surface area contributed by atoms with Crippen molar-refractivity contribution in [3.05, 3.63) is 41.2 Å². The third-order valence-electron chi connectivity index (χ3n) is 4.04. The van der Waals surface area contributed by atoms with E-state index in [9.17, 15) is 31.5 Å². The van der Waals surface area contributed by atoms with Gasteiger partial charge in [0.15, 0.2) is 23.3 Å². The summed E-state index contributed by atoms with van der Waals surface area (Å²) < 4.78 is 65.9. The Kier molecular flexibility index (Phi) is 5.36. The maximum absolute atomic E-state index is 13.5. The fourth-order valence-corrected chi connectivity index (χ4v) is 2.57. The first kappa shape index (κ1) is 18.1. The number of nitrogens with one attached hydrogen (secondary N) is 1. The highest BCUT2D eigenvalue weighted by atomic mass is 19.2. The van der Waals surface area contributed by atoms with Crippen molar-refractivity contribution in [1.29, 1.82) is 0 Å². The molecule has 1 fully saturated rings. The van der Waals surface area contributed by atoms with Crippen molar-refractivity contribution in [3.63, 3.8) is 0 Å². The van der Waals surface area contributed by atoms with Gasteiger partial charge in [0.25, 0.3) is 0 Å². The SMILES string of the molecule is C[C@H](/C=C/C(=O)Nc1c(F)c(F)c(F)c(F)c1F)[C@H]1CCC(=O)C1. The first-order chi connectivity index (χ1) is 11.2. The van der Waals surface area contributed by atoms with Crippen molar-refractivity contribution in [3.8, 4) is 0 Å². The molecule has 0 saturated heterocycles. The van der Waals surface area contributed by atoms with Gasteiger partial charge >= 0.3 is 0 Å². The number of halogens is 5. The second kappa shape index (κ2) is 7.11. The number of rotatable bonds is 4. The highest BCUT2D eigenvalue weighted by Crippen LogP contribution is 2.30. The van der Waals surface area contributed by atoms with Crippen LogP contribution in [0.5, 0.6) is 0 Å². The molecule has 8 heteroatoms. The van der Waals surface area contributed by atoms with E-state index in [2.05, 4.69) is 0 Å². The molecule has 1 amide bonds. The van der Waals surface area contributed by atoms with Crippen LogP contribution < -0.4 is 5.32 Å². The van der Waals surface area contributed by atoms with Crippen molar-refractivity contribution < 1.29 is 31.5 Å². The largest absolute Gasteiger partial charge is 0.317 e. The molecule has 0 aromatic heterocycles. The third-order valence-corrected chi connectivity index (χ3v) is 4.04. The molecular formula is C16H14F5NO2. The lowest BCUT2D eigenvalue weighted by molar-refractivity contribution is -0.117. The Morgan fingerprint density at radius 1 is 1.08 bits per heavy atom. The molecule has 0 radical (unpaired) electrons. The molecule has 0 heterocycles. The number of allylic oxidation sites excluding steroid dienone is 1. The lowest BCUT2D eigenvalue weighted by Gasteiger charge is -2.13. The smallest absolute Gasteiger partial charge is 0.248 e. The minimum Gasteiger partial charge on any atom is -0.317 e. The summed E-state index contributed by atoms with van der Waals surface area (Å²) in [6.45, 7) is 1.77. The Balaban J connectivity index is 2.10. The zero-order valence-corrected chi connectivity index (χ0v) is 12.6. The van der Waals surface area contributed by atoms with Crippen LogP contribution in [0, 0.1) is 40.9 Å². The predicted molar refractivity (Wildman–Crippen MR) is 75.5 cm³/mol. The van der Waals surface area contributed by atoms with E-state index in [0.29, 0.717) is 19.3 Å². The molecule has 0 aliphatic heterocycles. The molecule has 2 atom stereocenters. The normalized spacial score (nSPS) is 19.1. The van der Waals surface area contributed by atoms with Gasteiger partial charge in [-0.25, -0.2) is 22.0 Å². The van der Waals surface area contributed by atoms with E-state index in [4.69, 9.17) is 0 Å². The standard InChI is InChI=1S/C16H14F5NO2/c1-7(8-3-4-9(23)6-8)2-5-10(24)22-16-14(20)12(18)11(17)13(19)15(16)21/h2,5,7-8H,3-4,6H2,1H3,(H,22,24)/b5-2+/t7-,8+/m1/s1. The van der Waals surface area contributed by atoms with Gasteiger partial charge in [0, 0.05) is 12.8 Å². The first-order valence-corrected chi connectivity index (χ1v) is 7.24. The molecule has 1 N–H and O–H groups in total. The van der Waals surface area contributed by atoms with E-state index < -0.39 is 40.7 Å². The molecule has 1 aromatic carbocycles. The second-order valence-electron chi connectivity index (χ2n) is 5.69. The van der Waals surface area contributed by atoms with E-state index >= 15 is 0 Å². The average molecular weight is 347 g/mol. The van der Waals surface area contributed by atoms with Crippen molar-refractivity contribution in [2.75, 3.05) is 5.32 Å². The second-order valence-corrected chi connectivity index (χ2v) is 5.69. The summed E-state index contributed by atoms with van der Waals surface area (Å²) in [6, 6.07) is 0. The number of carbonyl (C=O) groups excluding carboxylic acids is 2. The van der Waals surface area contributed by atoms with Crippen LogP contribution in [0.3, 0.4) is 0 Å². The molecule has 1 aliphatic carbocycles. The molecule has 0 unspecified atom stereocenters. The van der Waals surface area contributed by atoms with Crippen molar-refractivity contribution in [2.24, 2.45) is 11.8 Å². The summed E-state index contributed by atoms with van der Waals surface area (Å²) in [6.07, 6.45) is 3.93. The van der Waals surface area contributed by atoms with Crippen LogP contribution in [0.25, 0.3) is 0 Å². The summed E-state index contributed by atoms with van der Waals surface area (Å²) in [5.74, 6) is -11.8. The Morgan fingerprint density at radius 3 is 2.12 bits per heavy atom. The summed E-state index contributed by atoms with van der Waals surface area (Å²) in [5, 5.41) is 1.65. The highest BCUT2D eigenvalue weighted by molar-refractivity contribution is 5.99. The topological polar surface area (TPSA) is 46.2 Å². The van der Waals surface area contributed by atoms with E-state index in [1.807, 2.05) is 0 Å². The van der Waals surface area contributed by atoms with E-state index in [1.165, 1.54) is 6.08 Å². The van der Waals surface area contributed by atoms with Crippen molar-refractivity contribution >= 4 is 17.4 Å². The summed E-state index contributed by atoms with van der Waals surface area (Å²) in [4.78, 5) is 22.9. The zero-order chi connectivity index (χ0) is 18.0. The van der Waals surface area contributed by atoms with Crippen LogP contribution in [-0.4, -0.2) is 11.7 Å². The maximum Gasteiger partial charge on any atom is 0.248 e. The molecule has 0 spiro atoms. The van der Waals surface area contributed by atoms with Gasteiger partial charge in [0.05, 0.1) is 0 Å². The quantitative estimate of drug-likeness (QED) is 0.389. The number of Topliss-reactive ketones (excluding diaryl/α,β-unsaturated/α-hetero) is 1. The van der Waals surface area contributed by atoms with Crippen molar-refractivity contribution in [1.82, 2.24) is 0 Å². The lowest BCUT2D eigenvalue weighted by atomic mass is 9.92. The monoisotopic (exact) mass is 347 g/mol. The fourth-order valence-electron chi connectivity index (χ4n) is 2.57. The maximum atomic E-state index is 13.5. The van der Waals surface area contributed by atoms with Crippen LogP contribution in [0.2, 0.25) is 0 Å². The van der Waals surface area contributed by atoms with Gasteiger partial charge in [-0.05, 0) is 24.3 Å². The fraction of sp³-hybridized carbons (Fsp3) is 0.375. The highest BCUT2D eigenvalue weighted by Gasteiger charge is 2.27. The minimum absolute atomic E-state index is 0.0655. The Labute approximate surface area is 134 Å². The van der Waals surface area contributed by atoms with Crippen molar-refractivity contribution in [2.45, 2.75) is 26.2 Å². The number of hydrogen-bond donors (Lipinski definition) is 1. The van der Waals surface area contributed by atoms with Crippen LogP contribution in [0.1, 0.15) is 26.2 Å². The van der Waals surface area contributed by atoms with Crippen LogP contribution in [0.4, 0.5) is 27.6 Å². The molecule has 24 heavy (non-hydrogen) atoms. The average Bonchev–Trinajstić information content (AvgIpc) is 2.99. The third kappa shape index (κ3) is 3.63. The number of carbonyl (C=O) groups is 2. The molecular weight excluding hydrogens is 333 g/mol. The molecule has 1 aromatic rings. The lowest BCUT2D eigenvalue weighted by Crippen LogP contribution is -2.15. The van der Waals surface area contributed by atoms with Crippen LogP contribution >= 0.6 is 0 Å². The van der Waals surface area contributed by atoms with E-state index in [1.54, 1.807) is 12.2 Å². The van der Waals surface area contributed by atoms with Crippen LogP contribution in [-0.2, 0) is 9.59 Å². The van der Waals surface area contributed by atoms with E-state index in [0.717, 1.165) is 6.08 Å². The van der Waals surface area contributed by atoms with Gasteiger partial charge in [-0.2, -0.15) is 0 Å². The van der Waals surface area contributed by atoms with Gasteiger partial charge in [0.2, 0.25) is 11.7 Å². The number of benzene rings is 1. The molecule has 1 aliphatic rings. The number of anilines is 1. The molecule has 130 valence electrons. The number of amides is 1. The molecule has 2 rings (SSSR count). The number of hydrogen-bond acceptors (Lipinski definition) is 2. The summed E-state index contributed by atoms with van der Waals surface area (Å²) in [7, 11) is 0. The Hall–Kier alpha value is -2.25. The number of ketones is 1. The van der Waals surface area contributed by atoms with Gasteiger partial charge in [-0.15, -0.1) is 0 Å². The van der Waals surface area contributed by atoms with Crippen LogP contribution in [0.15, 0.2) is 12.2 Å². The Bertz CT molecular complexity index is 688. The minimum atomic E-state index is -2.29.